The van der Waals surface area contributed by atoms with Crippen LogP contribution in [0.2, 0.25) is 0 Å². The molecule has 2 N–H and O–H groups in total. The SMILES string of the molecule is Cc1nc2c(cnn2C(C)C)cc1C(=O)N1CCC(CN)C1. The third-order valence-corrected chi connectivity index (χ3v) is 4.39. The van der Waals surface area contributed by atoms with Crippen LogP contribution in [-0.4, -0.2) is 45.2 Å². The lowest BCUT2D eigenvalue weighted by molar-refractivity contribution is 0.0786. The molecule has 1 saturated heterocycles. The second-order valence-electron chi connectivity index (χ2n) is 6.36. The van der Waals surface area contributed by atoms with E-state index >= 15 is 0 Å². The fourth-order valence-electron chi connectivity index (χ4n) is 3.04. The zero-order valence-corrected chi connectivity index (χ0v) is 13.4. The number of pyridine rings is 1. The van der Waals surface area contributed by atoms with Gasteiger partial charge in [0, 0.05) is 24.5 Å². The first-order valence-corrected chi connectivity index (χ1v) is 7.85. The molecule has 6 nitrogen and oxygen atoms in total. The van der Waals surface area contributed by atoms with Crippen LogP contribution in [-0.2, 0) is 0 Å². The summed E-state index contributed by atoms with van der Waals surface area (Å²) in [7, 11) is 0. The van der Waals surface area contributed by atoms with Gasteiger partial charge in [-0.3, -0.25) is 4.79 Å². The van der Waals surface area contributed by atoms with Gasteiger partial charge in [-0.1, -0.05) is 0 Å². The van der Waals surface area contributed by atoms with Crippen molar-refractivity contribution >= 4 is 16.9 Å². The molecule has 1 fully saturated rings. The van der Waals surface area contributed by atoms with Gasteiger partial charge in [-0.15, -0.1) is 0 Å². The van der Waals surface area contributed by atoms with Gasteiger partial charge in [0.15, 0.2) is 5.65 Å². The van der Waals surface area contributed by atoms with Gasteiger partial charge < -0.3 is 10.6 Å². The maximum atomic E-state index is 12.7. The Labute approximate surface area is 130 Å². The average Bonchev–Trinajstić information content (AvgIpc) is 3.11. The van der Waals surface area contributed by atoms with Crippen LogP contribution in [0, 0.1) is 12.8 Å². The Bertz CT molecular complexity index is 706. The third kappa shape index (κ3) is 2.47. The van der Waals surface area contributed by atoms with Crippen molar-refractivity contribution in [1.82, 2.24) is 19.7 Å². The van der Waals surface area contributed by atoms with E-state index in [0.29, 0.717) is 18.0 Å². The Morgan fingerprint density at radius 2 is 2.27 bits per heavy atom. The fraction of sp³-hybridized carbons (Fsp3) is 0.562. The Hall–Kier alpha value is -1.95. The second-order valence-corrected chi connectivity index (χ2v) is 6.36. The molecule has 6 heteroatoms. The quantitative estimate of drug-likeness (QED) is 0.937. The van der Waals surface area contributed by atoms with Gasteiger partial charge in [0.1, 0.15) is 0 Å². The van der Waals surface area contributed by atoms with Gasteiger partial charge in [-0.2, -0.15) is 5.10 Å². The Kier molecular flexibility index (Phi) is 3.87. The highest BCUT2D eigenvalue weighted by Crippen LogP contribution is 2.23. The highest BCUT2D eigenvalue weighted by molar-refractivity contribution is 5.98. The van der Waals surface area contributed by atoms with Crippen molar-refractivity contribution in [2.45, 2.75) is 33.2 Å². The minimum Gasteiger partial charge on any atom is -0.338 e. The van der Waals surface area contributed by atoms with Crippen LogP contribution in [0.1, 0.15) is 42.4 Å². The van der Waals surface area contributed by atoms with Crippen molar-refractivity contribution in [3.63, 3.8) is 0 Å². The molecule has 22 heavy (non-hydrogen) atoms. The molecule has 1 aliphatic rings. The van der Waals surface area contributed by atoms with Gasteiger partial charge in [0.2, 0.25) is 0 Å². The van der Waals surface area contributed by atoms with E-state index < -0.39 is 0 Å². The maximum absolute atomic E-state index is 12.7. The lowest BCUT2D eigenvalue weighted by atomic mass is 10.1. The Morgan fingerprint density at radius 1 is 1.50 bits per heavy atom. The molecule has 118 valence electrons. The van der Waals surface area contributed by atoms with Gasteiger partial charge in [-0.25, -0.2) is 9.67 Å². The van der Waals surface area contributed by atoms with Gasteiger partial charge >= 0.3 is 0 Å². The van der Waals surface area contributed by atoms with Gasteiger partial charge in [0.25, 0.3) is 5.91 Å². The molecule has 0 radical (unpaired) electrons. The van der Waals surface area contributed by atoms with E-state index in [1.54, 1.807) is 6.20 Å². The summed E-state index contributed by atoms with van der Waals surface area (Å²) in [5.74, 6) is 0.477. The summed E-state index contributed by atoms with van der Waals surface area (Å²) in [4.78, 5) is 19.2. The van der Waals surface area contributed by atoms with Gasteiger partial charge in [0.05, 0.1) is 17.5 Å². The zero-order chi connectivity index (χ0) is 15.9. The Morgan fingerprint density at radius 3 is 2.91 bits per heavy atom. The minimum atomic E-state index is 0.0557. The second kappa shape index (κ2) is 5.68. The summed E-state index contributed by atoms with van der Waals surface area (Å²) in [5, 5.41) is 5.29. The Balaban J connectivity index is 1.94. The highest BCUT2D eigenvalue weighted by Gasteiger charge is 2.27. The number of carbonyl (C=O) groups is 1. The molecule has 2 aromatic rings. The van der Waals surface area contributed by atoms with Crippen LogP contribution in [0.15, 0.2) is 12.3 Å². The predicted octanol–water partition coefficient (Wildman–Crippen LogP) is 1.74. The molecular weight excluding hydrogens is 278 g/mol. The minimum absolute atomic E-state index is 0.0557. The summed E-state index contributed by atoms with van der Waals surface area (Å²) in [6, 6.07) is 2.16. The van der Waals surface area contributed by atoms with E-state index in [4.69, 9.17) is 5.73 Å². The molecule has 3 heterocycles. The molecule has 0 spiro atoms. The molecule has 0 aliphatic carbocycles. The number of aromatic nitrogens is 3. The number of carbonyl (C=O) groups excluding carboxylic acids is 1. The number of amides is 1. The molecule has 1 aliphatic heterocycles. The standard InChI is InChI=1S/C16H23N5O/c1-10(2)21-15-13(8-18-21)6-14(11(3)19-15)16(22)20-5-4-12(7-17)9-20/h6,8,10,12H,4-5,7,9,17H2,1-3H3. The van der Waals surface area contributed by atoms with E-state index in [1.165, 1.54) is 0 Å². The van der Waals surface area contributed by atoms with Crippen LogP contribution >= 0.6 is 0 Å². The highest BCUT2D eigenvalue weighted by atomic mass is 16.2. The lowest BCUT2D eigenvalue weighted by Crippen LogP contribution is -2.30. The summed E-state index contributed by atoms with van der Waals surface area (Å²) >= 11 is 0. The molecule has 1 unspecified atom stereocenters. The average molecular weight is 301 g/mol. The number of aryl methyl sites for hydroxylation is 1. The van der Waals surface area contributed by atoms with Crippen molar-refractivity contribution in [2.24, 2.45) is 11.7 Å². The first-order valence-electron chi connectivity index (χ1n) is 7.85. The number of likely N-dealkylation sites (tertiary alicyclic amines) is 1. The van der Waals surface area contributed by atoms with Crippen molar-refractivity contribution in [3.05, 3.63) is 23.5 Å². The first-order chi connectivity index (χ1) is 10.5. The van der Waals surface area contributed by atoms with Crippen LogP contribution < -0.4 is 5.73 Å². The van der Waals surface area contributed by atoms with Crippen LogP contribution in [0.4, 0.5) is 0 Å². The van der Waals surface area contributed by atoms with Crippen molar-refractivity contribution < 1.29 is 4.79 Å². The number of nitrogens with two attached hydrogens (primary N) is 1. The monoisotopic (exact) mass is 301 g/mol. The molecule has 2 aromatic heterocycles. The van der Waals surface area contributed by atoms with Crippen LogP contribution in [0.5, 0.6) is 0 Å². The topological polar surface area (TPSA) is 77.0 Å². The zero-order valence-electron chi connectivity index (χ0n) is 13.4. The van der Waals surface area contributed by atoms with Crippen LogP contribution in [0.25, 0.3) is 11.0 Å². The van der Waals surface area contributed by atoms with E-state index in [1.807, 2.05) is 22.6 Å². The van der Waals surface area contributed by atoms with E-state index in [2.05, 4.69) is 23.9 Å². The summed E-state index contributed by atoms with van der Waals surface area (Å²) in [6.07, 6.45) is 2.77. The number of rotatable bonds is 3. The summed E-state index contributed by atoms with van der Waals surface area (Å²) in [6.45, 7) is 8.20. The summed E-state index contributed by atoms with van der Waals surface area (Å²) in [5.41, 5.74) is 7.98. The fourth-order valence-corrected chi connectivity index (χ4v) is 3.04. The van der Waals surface area contributed by atoms with Crippen LogP contribution in [0.3, 0.4) is 0 Å². The number of fused-ring (bicyclic) bond motifs is 1. The number of hydrogen-bond acceptors (Lipinski definition) is 4. The molecule has 0 bridgehead atoms. The molecule has 0 aromatic carbocycles. The van der Waals surface area contributed by atoms with Gasteiger partial charge in [-0.05, 0) is 45.7 Å². The van der Waals surface area contributed by atoms with E-state index in [-0.39, 0.29) is 11.9 Å². The maximum Gasteiger partial charge on any atom is 0.255 e. The lowest BCUT2D eigenvalue weighted by Gasteiger charge is -2.17. The molecule has 3 rings (SSSR count). The third-order valence-electron chi connectivity index (χ3n) is 4.39. The van der Waals surface area contributed by atoms with Crippen molar-refractivity contribution in [2.75, 3.05) is 19.6 Å². The number of nitrogens with zero attached hydrogens (tertiary/aromatic N) is 4. The smallest absolute Gasteiger partial charge is 0.255 e. The molecular formula is C16H23N5O. The largest absolute Gasteiger partial charge is 0.338 e. The number of hydrogen-bond donors (Lipinski definition) is 1. The molecule has 1 amide bonds. The predicted molar refractivity (Wildman–Crippen MR) is 85.7 cm³/mol. The molecule has 1 atom stereocenters. The van der Waals surface area contributed by atoms with E-state index in [0.717, 1.165) is 36.2 Å². The van der Waals surface area contributed by atoms with Crippen molar-refractivity contribution in [1.29, 1.82) is 0 Å². The summed E-state index contributed by atoms with van der Waals surface area (Å²) < 4.78 is 1.89. The normalized spacial score (nSPS) is 18.6. The molecule has 0 saturated carbocycles. The van der Waals surface area contributed by atoms with E-state index in [9.17, 15) is 4.79 Å². The first kappa shape index (κ1) is 15.0. The van der Waals surface area contributed by atoms with Crippen molar-refractivity contribution in [3.8, 4) is 0 Å².